The molecule has 0 bridgehead atoms. The Morgan fingerprint density at radius 2 is 1.82 bits per heavy atom. The van der Waals surface area contributed by atoms with E-state index in [-0.39, 0.29) is 0 Å². The Balaban J connectivity index is 1.68. The summed E-state index contributed by atoms with van der Waals surface area (Å²) in [5, 5.41) is 0.767. The highest BCUT2D eigenvalue weighted by atomic mass is 32.1. The van der Waals surface area contributed by atoms with Gasteiger partial charge in [-0.1, -0.05) is 30.3 Å². The van der Waals surface area contributed by atoms with Crippen LogP contribution in [0.5, 0.6) is 5.75 Å². The molecule has 5 heteroatoms. The number of nitrogens with two attached hydrogens (primary N) is 1. The van der Waals surface area contributed by atoms with Crippen molar-refractivity contribution >= 4 is 17.2 Å². The first kappa shape index (κ1) is 14.3. The molecule has 4 nitrogen and oxygen atoms in total. The molecule has 0 fully saturated rings. The van der Waals surface area contributed by atoms with E-state index in [9.17, 15) is 4.79 Å². The lowest BCUT2D eigenvalue weighted by Gasteiger charge is -2.06. The van der Waals surface area contributed by atoms with E-state index in [1.54, 1.807) is 0 Å². The van der Waals surface area contributed by atoms with Crippen LogP contribution in [0.15, 0.2) is 60.8 Å². The van der Waals surface area contributed by atoms with Crippen molar-refractivity contribution in [3.05, 3.63) is 71.2 Å². The quantitative estimate of drug-likeness (QED) is 0.784. The summed E-state index contributed by atoms with van der Waals surface area (Å²) < 4.78 is 5.74. The van der Waals surface area contributed by atoms with Gasteiger partial charge in [0.1, 0.15) is 22.2 Å². The number of amides is 1. The highest BCUT2D eigenvalue weighted by Gasteiger charge is 2.08. The van der Waals surface area contributed by atoms with Gasteiger partial charge in [-0.2, -0.15) is 0 Å². The standard InChI is InChI=1S/C17H14N2O2S/c18-16(20)15-10-19-17(22-15)13-6-8-14(9-7-13)21-11-12-4-2-1-3-5-12/h1-10H,11H2,(H2,18,20). The molecular weight excluding hydrogens is 296 g/mol. The molecule has 0 aliphatic carbocycles. The van der Waals surface area contributed by atoms with Crippen LogP contribution in [0.3, 0.4) is 0 Å². The van der Waals surface area contributed by atoms with Crippen LogP contribution >= 0.6 is 11.3 Å². The number of ether oxygens (including phenoxy) is 1. The van der Waals surface area contributed by atoms with Gasteiger partial charge in [-0.25, -0.2) is 4.98 Å². The average molecular weight is 310 g/mol. The van der Waals surface area contributed by atoms with Crippen LogP contribution in [0.1, 0.15) is 15.2 Å². The largest absolute Gasteiger partial charge is 0.489 e. The van der Waals surface area contributed by atoms with Crippen molar-refractivity contribution in [3.63, 3.8) is 0 Å². The number of primary amides is 1. The molecule has 0 unspecified atom stereocenters. The summed E-state index contributed by atoms with van der Waals surface area (Å²) in [5.41, 5.74) is 7.29. The molecule has 1 aromatic heterocycles. The molecule has 0 saturated heterocycles. The van der Waals surface area contributed by atoms with Crippen molar-refractivity contribution in [1.82, 2.24) is 4.98 Å². The van der Waals surface area contributed by atoms with Crippen LogP contribution in [0.2, 0.25) is 0 Å². The summed E-state index contributed by atoms with van der Waals surface area (Å²) in [7, 11) is 0. The second kappa shape index (κ2) is 6.41. The third-order valence-electron chi connectivity index (χ3n) is 3.10. The number of hydrogen-bond acceptors (Lipinski definition) is 4. The summed E-state index contributed by atoms with van der Waals surface area (Å²) in [6.07, 6.45) is 1.50. The maximum absolute atomic E-state index is 11.1. The Morgan fingerprint density at radius 1 is 1.09 bits per heavy atom. The van der Waals surface area contributed by atoms with Gasteiger partial charge in [0.2, 0.25) is 0 Å². The second-order valence-corrected chi connectivity index (χ2v) is 5.72. The molecule has 0 aliphatic rings. The van der Waals surface area contributed by atoms with Crippen molar-refractivity contribution in [1.29, 1.82) is 0 Å². The molecule has 0 aliphatic heterocycles. The van der Waals surface area contributed by atoms with Gasteiger partial charge in [0.25, 0.3) is 5.91 Å². The minimum atomic E-state index is -0.452. The van der Waals surface area contributed by atoms with Gasteiger partial charge < -0.3 is 10.5 Å². The third kappa shape index (κ3) is 3.32. The van der Waals surface area contributed by atoms with Gasteiger partial charge in [0.05, 0.1) is 6.20 Å². The zero-order valence-electron chi connectivity index (χ0n) is 11.7. The smallest absolute Gasteiger partial charge is 0.260 e. The lowest BCUT2D eigenvalue weighted by Crippen LogP contribution is -2.08. The van der Waals surface area contributed by atoms with Crippen molar-refractivity contribution in [2.24, 2.45) is 5.73 Å². The highest BCUT2D eigenvalue weighted by Crippen LogP contribution is 2.26. The zero-order valence-corrected chi connectivity index (χ0v) is 12.5. The van der Waals surface area contributed by atoms with E-state index < -0.39 is 5.91 Å². The number of benzene rings is 2. The van der Waals surface area contributed by atoms with Crippen molar-refractivity contribution in [3.8, 4) is 16.3 Å². The number of carbonyl (C=O) groups is 1. The molecule has 110 valence electrons. The highest BCUT2D eigenvalue weighted by molar-refractivity contribution is 7.16. The lowest BCUT2D eigenvalue weighted by molar-refractivity contribution is 0.100. The molecular formula is C17H14N2O2S. The van der Waals surface area contributed by atoms with E-state index in [1.165, 1.54) is 17.5 Å². The van der Waals surface area contributed by atoms with Crippen molar-refractivity contribution in [2.75, 3.05) is 0 Å². The van der Waals surface area contributed by atoms with Gasteiger partial charge in [-0.15, -0.1) is 11.3 Å². The summed E-state index contributed by atoms with van der Waals surface area (Å²) >= 11 is 1.28. The van der Waals surface area contributed by atoms with Crippen LogP contribution in [0.4, 0.5) is 0 Å². The maximum Gasteiger partial charge on any atom is 0.260 e. The molecule has 0 spiro atoms. The van der Waals surface area contributed by atoms with Gasteiger partial charge in [0.15, 0.2) is 0 Å². The first-order valence-corrected chi connectivity index (χ1v) is 7.57. The van der Waals surface area contributed by atoms with Crippen LogP contribution in [0.25, 0.3) is 10.6 Å². The van der Waals surface area contributed by atoms with Gasteiger partial charge >= 0.3 is 0 Å². The molecule has 1 amide bonds. The Hall–Kier alpha value is -2.66. The number of thiazole rings is 1. The van der Waals surface area contributed by atoms with Crippen molar-refractivity contribution < 1.29 is 9.53 Å². The van der Waals surface area contributed by atoms with E-state index in [0.29, 0.717) is 11.5 Å². The molecule has 0 radical (unpaired) electrons. The molecule has 0 saturated carbocycles. The Bertz CT molecular complexity index is 767. The second-order valence-electron chi connectivity index (χ2n) is 4.69. The molecule has 0 atom stereocenters. The predicted molar refractivity (Wildman–Crippen MR) is 86.8 cm³/mol. The summed E-state index contributed by atoms with van der Waals surface area (Å²) in [5.74, 6) is 0.339. The minimum absolute atomic E-state index is 0.452. The minimum Gasteiger partial charge on any atom is -0.489 e. The first-order valence-electron chi connectivity index (χ1n) is 6.75. The fraction of sp³-hybridized carbons (Fsp3) is 0.0588. The molecule has 2 aromatic carbocycles. The molecule has 22 heavy (non-hydrogen) atoms. The molecule has 1 heterocycles. The fourth-order valence-corrected chi connectivity index (χ4v) is 2.73. The SMILES string of the molecule is NC(=O)c1cnc(-c2ccc(OCc3ccccc3)cc2)s1. The Kier molecular flexibility index (Phi) is 4.16. The third-order valence-corrected chi connectivity index (χ3v) is 4.16. The monoisotopic (exact) mass is 310 g/mol. The first-order chi connectivity index (χ1) is 10.7. The van der Waals surface area contributed by atoms with E-state index in [1.807, 2.05) is 54.6 Å². The number of hydrogen-bond donors (Lipinski definition) is 1. The molecule has 3 rings (SSSR count). The predicted octanol–water partition coefficient (Wildman–Crippen LogP) is 3.49. The van der Waals surface area contributed by atoms with Crippen molar-refractivity contribution in [2.45, 2.75) is 6.61 Å². The van der Waals surface area contributed by atoms with E-state index in [0.717, 1.165) is 21.9 Å². The molecule has 3 aromatic rings. The van der Waals surface area contributed by atoms with Gasteiger partial charge in [0, 0.05) is 5.56 Å². The maximum atomic E-state index is 11.1. The lowest BCUT2D eigenvalue weighted by atomic mass is 10.2. The number of nitrogens with zero attached hydrogens (tertiary/aromatic N) is 1. The normalized spacial score (nSPS) is 10.4. The van der Waals surface area contributed by atoms with Gasteiger partial charge in [-0.05, 0) is 29.8 Å². The number of rotatable bonds is 5. The number of carbonyl (C=O) groups excluding carboxylic acids is 1. The van der Waals surface area contributed by atoms with E-state index in [2.05, 4.69) is 4.98 Å². The Morgan fingerprint density at radius 3 is 2.45 bits per heavy atom. The zero-order chi connectivity index (χ0) is 15.4. The average Bonchev–Trinajstić information content (AvgIpc) is 3.05. The summed E-state index contributed by atoms with van der Waals surface area (Å²) in [6.45, 7) is 0.531. The van der Waals surface area contributed by atoms with E-state index >= 15 is 0 Å². The van der Waals surface area contributed by atoms with E-state index in [4.69, 9.17) is 10.5 Å². The fourth-order valence-electron chi connectivity index (χ4n) is 1.96. The molecule has 2 N–H and O–H groups in total. The Labute approximate surface area is 132 Å². The van der Waals surface area contributed by atoms with Gasteiger partial charge in [-0.3, -0.25) is 4.79 Å². The summed E-state index contributed by atoms with van der Waals surface area (Å²) in [6, 6.07) is 17.6. The van der Waals surface area contributed by atoms with Crippen LogP contribution in [-0.4, -0.2) is 10.9 Å². The van der Waals surface area contributed by atoms with Crippen LogP contribution in [-0.2, 0) is 6.61 Å². The number of aromatic nitrogens is 1. The van der Waals surface area contributed by atoms with Crippen LogP contribution in [0, 0.1) is 0 Å². The summed E-state index contributed by atoms with van der Waals surface area (Å²) in [4.78, 5) is 15.8. The topological polar surface area (TPSA) is 65.2 Å². The van der Waals surface area contributed by atoms with Crippen LogP contribution < -0.4 is 10.5 Å².